The van der Waals surface area contributed by atoms with Crippen molar-refractivity contribution in [2.75, 3.05) is 19.6 Å². The van der Waals surface area contributed by atoms with E-state index < -0.39 is 36.3 Å². The molecule has 3 rings (SSSR count). The molecule has 0 atom stereocenters. The number of amidine groups is 2. The lowest BCUT2D eigenvalue weighted by atomic mass is 9.87. The molecule has 11 heteroatoms. The highest BCUT2D eigenvalue weighted by Crippen LogP contribution is 2.35. The number of nitrogens with one attached hydrogen (secondary N) is 3. The number of nitrogens with zero attached hydrogens (tertiary/aromatic N) is 2. The van der Waals surface area contributed by atoms with E-state index in [4.69, 9.17) is 10.8 Å². The highest BCUT2D eigenvalue weighted by molar-refractivity contribution is 6.40. The van der Waals surface area contributed by atoms with Crippen LogP contribution in [0.3, 0.4) is 0 Å². The molecule has 1 aromatic rings. The maximum Gasteiger partial charge on any atom is 0.405 e. The SMILES string of the molecule is CC(C)c1cc(C(=N)N(C(=N)C(=O)NCC(F)(F)F)C2CCC(N3CCCCC3)CC2)c(O)cc1O. The second-order valence-corrected chi connectivity index (χ2v) is 10.0. The third kappa shape index (κ3) is 6.68. The minimum absolute atomic E-state index is 0.00280. The number of hydrogen-bond donors (Lipinski definition) is 5. The Morgan fingerprint density at radius 1 is 1.08 bits per heavy atom. The van der Waals surface area contributed by atoms with E-state index in [1.807, 2.05) is 13.8 Å². The predicted octanol–water partition coefficient (Wildman–Crippen LogP) is 4.30. The molecule has 1 heterocycles. The van der Waals surface area contributed by atoms with Gasteiger partial charge >= 0.3 is 6.18 Å². The van der Waals surface area contributed by atoms with Crippen molar-refractivity contribution in [2.24, 2.45) is 0 Å². The number of benzene rings is 1. The zero-order valence-corrected chi connectivity index (χ0v) is 20.8. The van der Waals surface area contributed by atoms with Crippen LogP contribution in [0.2, 0.25) is 0 Å². The molecule has 5 N–H and O–H groups in total. The van der Waals surface area contributed by atoms with Gasteiger partial charge in [-0.15, -0.1) is 0 Å². The number of rotatable bonds is 5. The van der Waals surface area contributed by atoms with Crippen LogP contribution in [0.1, 0.15) is 75.8 Å². The fraction of sp³-hybridized carbons (Fsp3) is 0.640. The lowest BCUT2D eigenvalue weighted by Crippen LogP contribution is -2.53. The van der Waals surface area contributed by atoms with Crippen molar-refractivity contribution in [3.05, 3.63) is 23.3 Å². The first-order chi connectivity index (χ1) is 16.9. The molecule has 1 saturated heterocycles. The summed E-state index contributed by atoms with van der Waals surface area (Å²) in [6.07, 6.45) is 1.55. The quantitative estimate of drug-likeness (QED) is 0.298. The fourth-order valence-corrected chi connectivity index (χ4v) is 5.19. The van der Waals surface area contributed by atoms with Crippen LogP contribution >= 0.6 is 0 Å². The Kier molecular flexibility index (Phi) is 8.86. The zero-order valence-electron chi connectivity index (χ0n) is 20.8. The van der Waals surface area contributed by atoms with Crippen LogP contribution in [-0.2, 0) is 4.79 Å². The molecule has 1 aliphatic carbocycles. The number of amides is 1. The standard InChI is InChI=1S/C25H36F3N5O3/c1-15(2)18-12-19(21(35)13-20(18)34)22(29)33(23(30)24(36)31-14-25(26,27)28)17-8-6-16(7-9-17)32-10-4-3-5-11-32/h12-13,15-17,29-30,34-35H,3-11,14H2,1-2H3,(H,31,36). The zero-order chi connectivity index (χ0) is 26.6. The Hall–Kier alpha value is -2.82. The number of phenols is 2. The van der Waals surface area contributed by atoms with E-state index >= 15 is 0 Å². The van der Waals surface area contributed by atoms with Gasteiger partial charge in [-0.3, -0.25) is 15.6 Å². The van der Waals surface area contributed by atoms with Crippen LogP contribution in [0.4, 0.5) is 13.2 Å². The summed E-state index contributed by atoms with van der Waals surface area (Å²) >= 11 is 0. The Balaban J connectivity index is 1.86. The van der Waals surface area contributed by atoms with E-state index in [2.05, 4.69) is 4.90 Å². The first-order valence-electron chi connectivity index (χ1n) is 12.5. The molecular formula is C25H36F3N5O3. The monoisotopic (exact) mass is 511 g/mol. The molecule has 0 radical (unpaired) electrons. The fourth-order valence-electron chi connectivity index (χ4n) is 5.19. The molecule has 1 saturated carbocycles. The van der Waals surface area contributed by atoms with Gasteiger partial charge in [0.05, 0.1) is 5.56 Å². The van der Waals surface area contributed by atoms with Gasteiger partial charge in [-0.1, -0.05) is 20.3 Å². The first kappa shape index (κ1) is 27.8. The average molecular weight is 512 g/mol. The first-order valence-corrected chi connectivity index (χ1v) is 12.5. The van der Waals surface area contributed by atoms with Crippen LogP contribution in [0.15, 0.2) is 12.1 Å². The van der Waals surface area contributed by atoms with Gasteiger partial charge in [0.25, 0.3) is 5.91 Å². The number of hydrogen-bond acceptors (Lipinski definition) is 6. The van der Waals surface area contributed by atoms with E-state index in [-0.39, 0.29) is 23.1 Å². The number of alkyl halides is 3. The molecule has 200 valence electrons. The Bertz CT molecular complexity index is 968. The number of piperidine rings is 1. The minimum atomic E-state index is -4.64. The number of likely N-dealkylation sites (tertiary alicyclic amines) is 1. The summed E-state index contributed by atoms with van der Waals surface area (Å²) in [7, 11) is 0. The van der Waals surface area contributed by atoms with E-state index in [0.717, 1.165) is 49.7 Å². The van der Waals surface area contributed by atoms with Crippen LogP contribution in [0.25, 0.3) is 0 Å². The van der Waals surface area contributed by atoms with Crippen molar-refractivity contribution >= 4 is 17.6 Å². The van der Waals surface area contributed by atoms with E-state index in [1.165, 1.54) is 12.5 Å². The lowest BCUT2D eigenvalue weighted by molar-refractivity contribution is -0.135. The van der Waals surface area contributed by atoms with Crippen molar-refractivity contribution in [1.29, 1.82) is 10.8 Å². The van der Waals surface area contributed by atoms with Gasteiger partial charge in [0.15, 0.2) is 5.84 Å². The van der Waals surface area contributed by atoms with Crippen molar-refractivity contribution < 1.29 is 28.2 Å². The van der Waals surface area contributed by atoms with Crippen molar-refractivity contribution in [3.63, 3.8) is 0 Å². The van der Waals surface area contributed by atoms with Gasteiger partial charge in [0.1, 0.15) is 23.9 Å². The predicted molar refractivity (Wildman–Crippen MR) is 131 cm³/mol. The second-order valence-electron chi connectivity index (χ2n) is 10.0. The molecule has 36 heavy (non-hydrogen) atoms. The largest absolute Gasteiger partial charge is 0.508 e. The van der Waals surface area contributed by atoms with E-state index in [9.17, 15) is 28.2 Å². The highest BCUT2D eigenvalue weighted by Gasteiger charge is 2.36. The van der Waals surface area contributed by atoms with Gasteiger partial charge in [0.2, 0.25) is 0 Å². The van der Waals surface area contributed by atoms with Crippen LogP contribution in [0, 0.1) is 10.8 Å². The molecule has 1 aliphatic heterocycles. The smallest absolute Gasteiger partial charge is 0.405 e. The van der Waals surface area contributed by atoms with Crippen molar-refractivity contribution in [3.8, 4) is 11.5 Å². The lowest BCUT2D eigenvalue weighted by Gasteiger charge is -2.42. The van der Waals surface area contributed by atoms with Crippen LogP contribution in [-0.4, -0.2) is 75.5 Å². The Labute approximate surface area is 209 Å². The maximum absolute atomic E-state index is 12.7. The van der Waals surface area contributed by atoms with Crippen molar-refractivity contribution in [2.45, 2.75) is 83.0 Å². The summed E-state index contributed by atoms with van der Waals surface area (Å²) < 4.78 is 38.1. The van der Waals surface area contributed by atoms with Gasteiger partial charge < -0.3 is 25.3 Å². The average Bonchev–Trinajstić information content (AvgIpc) is 2.82. The number of halogens is 3. The van der Waals surface area contributed by atoms with Gasteiger partial charge in [-0.2, -0.15) is 13.2 Å². The van der Waals surface area contributed by atoms with Gasteiger partial charge in [-0.25, -0.2) is 0 Å². The summed E-state index contributed by atoms with van der Waals surface area (Å²) in [6, 6.07) is 2.45. The van der Waals surface area contributed by atoms with Crippen LogP contribution in [0.5, 0.6) is 11.5 Å². The molecule has 2 fully saturated rings. The minimum Gasteiger partial charge on any atom is -0.508 e. The summed E-state index contributed by atoms with van der Waals surface area (Å²) in [5.41, 5.74) is 0.470. The molecule has 2 aliphatic rings. The molecule has 0 unspecified atom stereocenters. The summed E-state index contributed by atoms with van der Waals surface area (Å²) in [5, 5.41) is 39.7. The molecule has 0 spiro atoms. The molecule has 0 aromatic heterocycles. The van der Waals surface area contributed by atoms with Crippen molar-refractivity contribution in [1.82, 2.24) is 15.1 Å². The summed E-state index contributed by atoms with van der Waals surface area (Å²) in [4.78, 5) is 16.1. The number of carbonyl (C=O) groups is 1. The van der Waals surface area contributed by atoms with Crippen LogP contribution < -0.4 is 5.32 Å². The second kappa shape index (κ2) is 11.5. The third-order valence-corrected chi connectivity index (χ3v) is 7.11. The highest BCUT2D eigenvalue weighted by atomic mass is 19.4. The summed E-state index contributed by atoms with van der Waals surface area (Å²) in [6.45, 7) is 4.13. The normalized spacial score (nSPS) is 21.3. The summed E-state index contributed by atoms with van der Waals surface area (Å²) in [5.74, 6) is -3.06. The molecular weight excluding hydrogens is 475 g/mol. The Morgan fingerprint density at radius 2 is 1.69 bits per heavy atom. The van der Waals surface area contributed by atoms with Gasteiger partial charge in [-0.05, 0) is 69.2 Å². The number of aromatic hydroxyl groups is 2. The molecule has 1 aromatic carbocycles. The third-order valence-electron chi connectivity index (χ3n) is 7.11. The maximum atomic E-state index is 12.7. The van der Waals surface area contributed by atoms with E-state index in [1.54, 1.807) is 5.32 Å². The topological polar surface area (TPSA) is 124 Å². The number of carbonyl (C=O) groups excluding carboxylic acids is 1. The number of phenolic OH excluding ortho intramolecular Hbond substituents is 2. The van der Waals surface area contributed by atoms with Gasteiger partial charge in [0, 0.05) is 18.2 Å². The molecule has 8 nitrogen and oxygen atoms in total. The Morgan fingerprint density at radius 3 is 2.25 bits per heavy atom. The molecule has 0 bridgehead atoms. The molecule has 1 amide bonds. The van der Waals surface area contributed by atoms with E-state index in [0.29, 0.717) is 24.4 Å².